The van der Waals surface area contributed by atoms with Crippen molar-refractivity contribution in [2.24, 2.45) is 0 Å². The Labute approximate surface area is 99.1 Å². The van der Waals surface area contributed by atoms with Crippen LogP contribution in [-0.2, 0) is 11.2 Å². The van der Waals surface area contributed by atoms with E-state index in [1.54, 1.807) is 0 Å². The second kappa shape index (κ2) is 5.10. The average Bonchev–Trinajstić information content (AvgIpc) is 2.42. The van der Waals surface area contributed by atoms with Gasteiger partial charge in [-0.25, -0.2) is 0 Å². The minimum absolute atomic E-state index is 0.338. The molecule has 0 spiro atoms. The standard InChI is InChI=1S/C12H16BrNO/c1-2-14-12-8-15-6-5-9-3-4-10(13)7-11(9)12/h3-4,7,12,14H,2,5-6,8H2,1H3. The van der Waals surface area contributed by atoms with Crippen molar-refractivity contribution in [1.82, 2.24) is 5.32 Å². The van der Waals surface area contributed by atoms with Crippen molar-refractivity contribution in [3.63, 3.8) is 0 Å². The Kier molecular flexibility index (Phi) is 3.78. The van der Waals surface area contributed by atoms with Gasteiger partial charge in [0.25, 0.3) is 0 Å². The van der Waals surface area contributed by atoms with Gasteiger partial charge >= 0.3 is 0 Å². The van der Waals surface area contributed by atoms with E-state index < -0.39 is 0 Å². The Morgan fingerprint density at radius 2 is 2.40 bits per heavy atom. The molecule has 1 aromatic rings. The molecule has 3 heteroatoms. The Morgan fingerprint density at radius 3 is 3.20 bits per heavy atom. The van der Waals surface area contributed by atoms with Gasteiger partial charge in [0.15, 0.2) is 0 Å². The summed E-state index contributed by atoms with van der Waals surface area (Å²) in [5, 5.41) is 3.46. The first-order chi connectivity index (χ1) is 7.31. The molecule has 1 N–H and O–H groups in total. The van der Waals surface area contributed by atoms with Gasteiger partial charge in [-0.15, -0.1) is 0 Å². The molecular weight excluding hydrogens is 254 g/mol. The molecule has 2 nitrogen and oxygen atoms in total. The monoisotopic (exact) mass is 269 g/mol. The minimum Gasteiger partial charge on any atom is -0.379 e. The Bertz CT molecular complexity index is 340. The highest BCUT2D eigenvalue weighted by Gasteiger charge is 2.18. The second-order valence-electron chi connectivity index (χ2n) is 3.78. The smallest absolute Gasteiger partial charge is 0.0661 e. The molecule has 0 fully saturated rings. The average molecular weight is 270 g/mol. The minimum atomic E-state index is 0.338. The molecular formula is C12H16BrNO. The lowest BCUT2D eigenvalue weighted by atomic mass is 10.00. The van der Waals surface area contributed by atoms with Gasteiger partial charge in [0.05, 0.1) is 19.3 Å². The molecule has 0 saturated carbocycles. The Morgan fingerprint density at radius 1 is 1.53 bits per heavy atom. The zero-order valence-corrected chi connectivity index (χ0v) is 10.5. The van der Waals surface area contributed by atoms with E-state index in [-0.39, 0.29) is 0 Å². The van der Waals surface area contributed by atoms with E-state index in [1.807, 2.05) is 0 Å². The molecule has 2 rings (SSSR count). The third kappa shape index (κ3) is 2.60. The van der Waals surface area contributed by atoms with E-state index in [0.717, 1.165) is 30.7 Å². The van der Waals surface area contributed by atoms with Crippen molar-refractivity contribution >= 4 is 15.9 Å². The summed E-state index contributed by atoms with van der Waals surface area (Å²) >= 11 is 3.53. The Hall–Kier alpha value is -0.380. The summed E-state index contributed by atoms with van der Waals surface area (Å²) in [6.07, 6.45) is 1.02. The largest absolute Gasteiger partial charge is 0.379 e. The van der Waals surface area contributed by atoms with E-state index in [2.05, 4.69) is 46.4 Å². The Balaban J connectivity index is 2.33. The number of halogens is 1. The van der Waals surface area contributed by atoms with Crippen LogP contribution in [-0.4, -0.2) is 19.8 Å². The highest BCUT2D eigenvalue weighted by Crippen LogP contribution is 2.25. The van der Waals surface area contributed by atoms with Crippen molar-refractivity contribution in [3.8, 4) is 0 Å². The topological polar surface area (TPSA) is 21.3 Å². The van der Waals surface area contributed by atoms with Crippen molar-refractivity contribution in [2.45, 2.75) is 19.4 Å². The maximum absolute atomic E-state index is 5.60. The summed E-state index contributed by atoms with van der Waals surface area (Å²) < 4.78 is 6.75. The maximum atomic E-state index is 5.60. The molecule has 0 saturated heterocycles. The van der Waals surface area contributed by atoms with Crippen molar-refractivity contribution in [1.29, 1.82) is 0 Å². The van der Waals surface area contributed by atoms with Gasteiger partial charge in [-0.2, -0.15) is 0 Å². The predicted molar refractivity (Wildman–Crippen MR) is 65.1 cm³/mol. The first kappa shape index (κ1) is 11.1. The van der Waals surface area contributed by atoms with Crippen LogP contribution in [0.1, 0.15) is 24.1 Å². The molecule has 1 atom stereocenters. The molecule has 0 bridgehead atoms. The SMILES string of the molecule is CCNC1COCCc2ccc(Br)cc21. The third-order valence-electron chi connectivity index (χ3n) is 2.73. The second-order valence-corrected chi connectivity index (χ2v) is 4.69. The fourth-order valence-electron chi connectivity index (χ4n) is 2.01. The van der Waals surface area contributed by atoms with Crippen LogP contribution in [0.3, 0.4) is 0 Å². The van der Waals surface area contributed by atoms with Gasteiger partial charge in [0, 0.05) is 4.47 Å². The molecule has 1 aliphatic rings. The zero-order chi connectivity index (χ0) is 10.7. The van der Waals surface area contributed by atoms with Crippen LogP contribution in [0.5, 0.6) is 0 Å². The number of rotatable bonds is 2. The van der Waals surface area contributed by atoms with E-state index in [0.29, 0.717) is 6.04 Å². The summed E-state index contributed by atoms with van der Waals surface area (Å²) in [5.41, 5.74) is 2.78. The molecule has 1 heterocycles. The number of nitrogens with one attached hydrogen (secondary N) is 1. The summed E-state index contributed by atoms with van der Waals surface area (Å²) in [6.45, 7) is 4.70. The summed E-state index contributed by atoms with van der Waals surface area (Å²) in [4.78, 5) is 0. The fraction of sp³-hybridized carbons (Fsp3) is 0.500. The first-order valence-corrected chi connectivity index (χ1v) is 6.20. The molecule has 0 amide bonds. The van der Waals surface area contributed by atoms with Gasteiger partial charge in [-0.1, -0.05) is 28.9 Å². The molecule has 1 aliphatic heterocycles. The number of hydrogen-bond donors (Lipinski definition) is 1. The van der Waals surface area contributed by atoms with Gasteiger partial charge in [-0.05, 0) is 36.2 Å². The van der Waals surface area contributed by atoms with E-state index in [9.17, 15) is 0 Å². The first-order valence-electron chi connectivity index (χ1n) is 5.40. The summed E-state index contributed by atoms with van der Waals surface area (Å²) in [6, 6.07) is 6.84. The number of benzene rings is 1. The molecule has 1 aromatic carbocycles. The van der Waals surface area contributed by atoms with E-state index in [1.165, 1.54) is 11.1 Å². The highest BCUT2D eigenvalue weighted by atomic mass is 79.9. The molecule has 0 aromatic heterocycles. The maximum Gasteiger partial charge on any atom is 0.0661 e. The number of hydrogen-bond acceptors (Lipinski definition) is 2. The summed E-state index contributed by atoms with van der Waals surface area (Å²) in [7, 11) is 0. The van der Waals surface area contributed by atoms with Crippen LogP contribution < -0.4 is 5.32 Å². The van der Waals surface area contributed by atoms with Gasteiger partial charge in [-0.3, -0.25) is 0 Å². The van der Waals surface area contributed by atoms with E-state index >= 15 is 0 Å². The number of likely N-dealkylation sites (N-methyl/N-ethyl adjacent to an activating group) is 1. The van der Waals surface area contributed by atoms with Crippen molar-refractivity contribution < 1.29 is 4.74 Å². The molecule has 0 radical (unpaired) electrons. The van der Waals surface area contributed by atoms with Crippen molar-refractivity contribution in [3.05, 3.63) is 33.8 Å². The van der Waals surface area contributed by atoms with Gasteiger partial charge < -0.3 is 10.1 Å². The molecule has 1 unspecified atom stereocenters. The fourth-order valence-corrected chi connectivity index (χ4v) is 2.39. The highest BCUT2D eigenvalue weighted by molar-refractivity contribution is 9.10. The molecule has 15 heavy (non-hydrogen) atoms. The van der Waals surface area contributed by atoms with Crippen LogP contribution in [0.4, 0.5) is 0 Å². The number of ether oxygens (including phenoxy) is 1. The quantitative estimate of drug-likeness (QED) is 0.892. The summed E-state index contributed by atoms with van der Waals surface area (Å²) in [5.74, 6) is 0. The normalized spacial score (nSPS) is 20.8. The molecule has 0 aliphatic carbocycles. The van der Waals surface area contributed by atoms with Gasteiger partial charge in [0.2, 0.25) is 0 Å². The van der Waals surface area contributed by atoms with Crippen LogP contribution >= 0.6 is 15.9 Å². The molecule has 82 valence electrons. The van der Waals surface area contributed by atoms with Crippen LogP contribution in [0, 0.1) is 0 Å². The third-order valence-corrected chi connectivity index (χ3v) is 3.23. The van der Waals surface area contributed by atoms with Gasteiger partial charge in [0.1, 0.15) is 0 Å². The van der Waals surface area contributed by atoms with Crippen LogP contribution in [0.15, 0.2) is 22.7 Å². The van der Waals surface area contributed by atoms with E-state index in [4.69, 9.17) is 4.74 Å². The van der Waals surface area contributed by atoms with Crippen LogP contribution in [0.25, 0.3) is 0 Å². The van der Waals surface area contributed by atoms with Crippen molar-refractivity contribution in [2.75, 3.05) is 19.8 Å². The predicted octanol–water partition coefficient (Wildman–Crippen LogP) is 2.67. The lowest BCUT2D eigenvalue weighted by molar-refractivity contribution is 0.122. The van der Waals surface area contributed by atoms with Crippen LogP contribution in [0.2, 0.25) is 0 Å². The lowest BCUT2D eigenvalue weighted by Crippen LogP contribution is -2.24. The lowest BCUT2D eigenvalue weighted by Gasteiger charge is -2.18. The zero-order valence-electron chi connectivity index (χ0n) is 8.92. The number of fused-ring (bicyclic) bond motifs is 1.